The fourth-order valence-electron chi connectivity index (χ4n) is 1.76. The number of aryl methyl sites for hydroxylation is 1. The molecule has 0 aliphatic carbocycles. The smallest absolute Gasteiger partial charge is 0.339 e. The molecular weight excluding hydrogens is 275 g/mol. The number of hydrogen-bond acceptors (Lipinski definition) is 2. The van der Waals surface area contributed by atoms with E-state index in [1.54, 1.807) is 18.2 Å². The minimum atomic E-state index is -1.03. The highest BCUT2D eigenvalue weighted by molar-refractivity contribution is 6.36. The third-order valence-electron chi connectivity index (χ3n) is 2.64. The summed E-state index contributed by atoms with van der Waals surface area (Å²) in [5, 5.41) is 10.1. The molecule has 0 atom stereocenters. The van der Waals surface area contributed by atoms with Crippen LogP contribution in [0.5, 0.6) is 0 Å². The summed E-state index contributed by atoms with van der Waals surface area (Å²) in [5.74, 6) is -0.761. The minimum Gasteiger partial charge on any atom is -0.478 e. The molecule has 0 spiro atoms. The Morgan fingerprint density at radius 3 is 2.67 bits per heavy atom. The monoisotopic (exact) mass is 284 g/mol. The summed E-state index contributed by atoms with van der Waals surface area (Å²) < 4.78 is 5.35. The van der Waals surface area contributed by atoms with Gasteiger partial charge in [0.25, 0.3) is 0 Å². The van der Waals surface area contributed by atoms with Crippen molar-refractivity contribution in [1.82, 2.24) is 0 Å². The summed E-state index contributed by atoms with van der Waals surface area (Å²) >= 11 is 11.9. The van der Waals surface area contributed by atoms with Crippen molar-refractivity contribution >= 4 is 29.2 Å². The Kier molecular flexibility index (Phi) is 3.64. The summed E-state index contributed by atoms with van der Waals surface area (Å²) in [6, 6.07) is 4.84. The number of rotatable bonds is 3. The standard InChI is InChI=1S/C13H10Cl2O3/c1-2-7-6-18-12(11(7)13(16)17)9-4-3-8(14)5-10(9)15/h3-6H,2H2,1H3,(H,16,17). The van der Waals surface area contributed by atoms with E-state index in [4.69, 9.17) is 27.6 Å². The number of carboxylic acids is 1. The molecular formula is C13H10Cl2O3. The molecule has 1 N–H and O–H groups in total. The first-order chi connectivity index (χ1) is 8.54. The van der Waals surface area contributed by atoms with Crippen molar-refractivity contribution in [1.29, 1.82) is 0 Å². The van der Waals surface area contributed by atoms with Crippen molar-refractivity contribution in [2.75, 3.05) is 0 Å². The van der Waals surface area contributed by atoms with Gasteiger partial charge in [-0.2, -0.15) is 0 Å². The van der Waals surface area contributed by atoms with Gasteiger partial charge in [-0.1, -0.05) is 30.1 Å². The highest BCUT2D eigenvalue weighted by Crippen LogP contribution is 2.35. The van der Waals surface area contributed by atoms with E-state index in [-0.39, 0.29) is 11.3 Å². The minimum absolute atomic E-state index is 0.154. The van der Waals surface area contributed by atoms with Crippen molar-refractivity contribution in [3.63, 3.8) is 0 Å². The van der Waals surface area contributed by atoms with Crippen molar-refractivity contribution in [2.24, 2.45) is 0 Å². The van der Waals surface area contributed by atoms with Gasteiger partial charge in [-0.15, -0.1) is 0 Å². The molecule has 1 aromatic heterocycles. The van der Waals surface area contributed by atoms with Crippen LogP contribution >= 0.6 is 23.2 Å². The number of aromatic carboxylic acids is 1. The molecule has 2 rings (SSSR count). The maximum Gasteiger partial charge on any atom is 0.339 e. The molecule has 3 nitrogen and oxygen atoms in total. The van der Waals surface area contributed by atoms with Crippen molar-refractivity contribution in [3.8, 4) is 11.3 Å². The van der Waals surface area contributed by atoms with Gasteiger partial charge in [-0.3, -0.25) is 0 Å². The number of carbonyl (C=O) groups is 1. The number of furan rings is 1. The van der Waals surface area contributed by atoms with Crippen LogP contribution in [0.3, 0.4) is 0 Å². The second-order valence-electron chi connectivity index (χ2n) is 3.75. The lowest BCUT2D eigenvalue weighted by Crippen LogP contribution is -2.00. The zero-order valence-electron chi connectivity index (χ0n) is 9.54. The zero-order valence-corrected chi connectivity index (χ0v) is 11.0. The van der Waals surface area contributed by atoms with E-state index >= 15 is 0 Å². The van der Waals surface area contributed by atoms with Crippen LogP contribution in [-0.4, -0.2) is 11.1 Å². The van der Waals surface area contributed by atoms with Crippen LogP contribution in [0.15, 0.2) is 28.9 Å². The molecule has 0 unspecified atom stereocenters. The fourth-order valence-corrected chi connectivity index (χ4v) is 2.25. The van der Waals surface area contributed by atoms with Gasteiger partial charge in [0, 0.05) is 16.1 Å². The normalized spacial score (nSPS) is 10.6. The van der Waals surface area contributed by atoms with Crippen LogP contribution in [0, 0.1) is 0 Å². The lowest BCUT2D eigenvalue weighted by Gasteiger charge is -2.03. The van der Waals surface area contributed by atoms with Crippen LogP contribution in [0.1, 0.15) is 22.8 Å². The van der Waals surface area contributed by atoms with Crippen molar-refractivity contribution in [3.05, 3.63) is 45.6 Å². The molecule has 0 saturated carbocycles. The Morgan fingerprint density at radius 2 is 2.11 bits per heavy atom. The summed E-state index contributed by atoms with van der Waals surface area (Å²) in [7, 11) is 0. The van der Waals surface area contributed by atoms with Crippen LogP contribution < -0.4 is 0 Å². The van der Waals surface area contributed by atoms with Crippen molar-refractivity contribution in [2.45, 2.75) is 13.3 Å². The molecule has 1 aromatic carbocycles. The van der Waals surface area contributed by atoms with Gasteiger partial charge in [-0.05, 0) is 24.6 Å². The predicted octanol–water partition coefficient (Wildman–Crippen LogP) is 4.51. The second-order valence-corrected chi connectivity index (χ2v) is 4.59. The summed E-state index contributed by atoms with van der Waals surface area (Å²) in [4.78, 5) is 11.3. The van der Waals surface area contributed by atoms with E-state index in [2.05, 4.69) is 0 Å². The maximum absolute atomic E-state index is 11.3. The number of halogens is 2. The largest absolute Gasteiger partial charge is 0.478 e. The van der Waals surface area contributed by atoms with Gasteiger partial charge in [0.05, 0.1) is 11.3 Å². The van der Waals surface area contributed by atoms with E-state index in [1.807, 2.05) is 6.92 Å². The molecule has 2 aromatic rings. The first kappa shape index (κ1) is 13.0. The van der Waals surface area contributed by atoms with Gasteiger partial charge >= 0.3 is 5.97 Å². The van der Waals surface area contributed by atoms with Gasteiger partial charge in [0.1, 0.15) is 11.3 Å². The molecule has 5 heteroatoms. The van der Waals surface area contributed by atoms with Crippen LogP contribution in [0.2, 0.25) is 10.0 Å². The third-order valence-corrected chi connectivity index (χ3v) is 3.19. The van der Waals surface area contributed by atoms with Gasteiger partial charge < -0.3 is 9.52 Å². The van der Waals surface area contributed by atoms with Crippen molar-refractivity contribution < 1.29 is 14.3 Å². The van der Waals surface area contributed by atoms with Crippen LogP contribution in [0.25, 0.3) is 11.3 Å². The SMILES string of the molecule is CCc1coc(-c2ccc(Cl)cc2Cl)c1C(=O)O. The Labute approximate surface area is 114 Å². The molecule has 0 bridgehead atoms. The third kappa shape index (κ3) is 2.24. The Morgan fingerprint density at radius 1 is 1.39 bits per heavy atom. The molecule has 94 valence electrons. The van der Waals surface area contributed by atoms with Gasteiger partial charge in [-0.25, -0.2) is 4.79 Å². The quantitative estimate of drug-likeness (QED) is 0.902. The average Bonchev–Trinajstić information content (AvgIpc) is 2.72. The summed E-state index contributed by atoms with van der Waals surface area (Å²) in [5.41, 5.74) is 1.32. The Balaban J connectivity index is 2.64. The molecule has 1 heterocycles. The molecule has 0 aliphatic heterocycles. The first-order valence-electron chi connectivity index (χ1n) is 5.33. The van der Waals surface area contributed by atoms with Gasteiger partial charge in [0.2, 0.25) is 0 Å². The molecule has 0 fully saturated rings. The molecule has 18 heavy (non-hydrogen) atoms. The fraction of sp³-hybridized carbons (Fsp3) is 0.154. The zero-order chi connectivity index (χ0) is 13.3. The average molecular weight is 285 g/mol. The number of benzene rings is 1. The maximum atomic E-state index is 11.3. The second kappa shape index (κ2) is 5.04. The highest BCUT2D eigenvalue weighted by Gasteiger charge is 2.22. The molecule has 0 saturated heterocycles. The van der Waals surface area contributed by atoms with Crippen LogP contribution in [-0.2, 0) is 6.42 Å². The number of hydrogen-bond donors (Lipinski definition) is 1. The summed E-state index contributed by atoms with van der Waals surface area (Å²) in [6.45, 7) is 1.87. The lowest BCUT2D eigenvalue weighted by molar-refractivity contribution is 0.0696. The Bertz CT molecular complexity index is 602. The highest BCUT2D eigenvalue weighted by atomic mass is 35.5. The topological polar surface area (TPSA) is 50.4 Å². The van der Waals surface area contributed by atoms with Crippen LogP contribution in [0.4, 0.5) is 0 Å². The predicted molar refractivity (Wildman–Crippen MR) is 70.5 cm³/mol. The first-order valence-corrected chi connectivity index (χ1v) is 6.09. The molecule has 0 amide bonds. The van der Waals surface area contributed by atoms with E-state index < -0.39 is 5.97 Å². The lowest BCUT2D eigenvalue weighted by atomic mass is 10.0. The van der Waals surface area contributed by atoms with E-state index in [0.29, 0.717) is 27.6 Å². The number of carboxylic acid groups (broad SMARTS) is 1. The molecule has 0 radical (unpaired) electrons. The Hall–Kier alpha value is -1.45. The molecule has 0 aliphatic rings. The van der Waals surface area contributed by atoms with Gasteiger partial charge in [0.15, 0.2) is 0 Å². The van der Waals surface area contributed by atoms with E-state index in [1.165, 1.54) is 6.26 Å². The summed E-state index contributed by atoms with van der Waals surface area (Å²) in [6.07, 6.45) is 2.03. The van der Waals surface area contributed by atoms with E-state index in [0.717, 1.165) is 0 Å². The van der Waals surface area contributed by atoms with E-state index in [9.17, 15) is 9.90 Å².